The third-order valence-electron chi connectivity index (χ3n) is 4.21. The fourth-order valence-electron chi connectivity index (χ4n) is 2.84. The summed E-state index contributed by atoms with van der Waals surface area (Å²) in [6.07, 6.45) is 2.43. The van der Waals surface area contributed by atoms with E-state index in [4.69, 9.17) is 4.74 Å². The number of benzene rings is 1. The van der Waals surface area contributed by atoms with Gasteiger partial charge >= 0.3 is 5.97 Å². The van der Waals surface area contributed by atoms with E-state index in [0.717, 1.165) is 31.7 Å². The summed E-state index contributed by atoms with van der Waals surface area (Å²) in [6, 6.07) is 9.72. The zero-order valence-electron chi connectivity index (χ0n) is 12.0. The number of hydrogen-bond donors (Lipinski definition) is 1. The van der Waals surface area contributed by atoms with Gasteiger partial charge in [0.25, 0.3) is 0 Å². The summed E-state index contributed by atoms with van der Waals surface area (Å²) in [5.41, 5.74) is -0.564. The van der Waals surface area contributed by atoms with Crippen LogP contribution in [0.4, 0.5) is 0 Å². The topological polar surface area (TPSA) is 49.8 Å². The standard InChI is InChI=1S/C16H23NO3/c1-2-16(15(18)19)9-6-10-17(13-16)11-12-20-14-7-4-3-5-8-14/h3-5,7-8H,2,6,9-13H2,1H3,(H,18,19). The van der Waals surface area contributed by atoms with E-state index < -0.39 is 11.4 Å². The Labute approximate surface area is 120 Å². The van der Waals surface area contributed by atoms with Crippen LogP contribution < -0.4 is 4.74 Å². The Morgan fingerprint density at radius 1 is 1.40 bits per heavy atom. The van der Waals surface area contributed by atoms with Gasteiger partial charge in [-0.15, -0.1) is 0 Å². The largest absolute Gasteiger partial charge is 0.492 e. The first-order valence-electron chi connectivity index (χ1n) is 7.30. The SMILES string of the molecule is CCC1(C(=O)O)CCCN(CCOc2ccccc2)C1. The van der Waals surface area contributed by atoms with Gasteiger partial charge in [-0.1, -0.05) is 25.1 Å². The fraction of sp³-hybridized carbons (Fsp3) is 0.562. The van der Waals surface area contributed by atoms with Gasteiger partial charge in [0.1, 0.15) is 12.4 Å². The highest BCUT2D eigenvalue weighted by Crippen LogP contribution is 2.33. The van der Waals surface area contributed by atoms with Crippen LogP contribution in [0.15, 0.2) is 30.3 Å². The van der Waals surface area contributed by atoms with Gasteiger partial charge in [0.05, 0.1) is 5.41 Å². The molecule has 1 N–H and O–H groups in total. The van der Waals surface area contributed by atoms with Crippen LogP contribution in [0.3, 0.4) is 0 Å². The minimum absolute atomic E-state index is 0.564. The zero-order chi connectivity index (χ0) is 14.4. The van der Waals surface area contributed by atoms with E-state index in [0.29, 0.717) is 19.6 Å². The van der Waals surface area contributed by atoms with Crippen LogP contribution >= 0.6 is 0 Å². The van der Waals surface area contributed by atoms with Crippen molar-refractivity contribution in [2.24, 2.45) is 5.41 Å². The van der Waals surface area contributed by atoms with Crippen LogP contribution in [0.2, 0.25) is 0 Å². The van der Waals surface area contributed by atoms with Gasteiger partial charge in [-0.2, -0.15) is 0 Å². The maximum absolute atomic E-state index is 11.5. The molecular weight excluding hydrogens is 254 g/mol. The molecular formula is C16H23NO3. The highest BCUT2D eigenvalue weighted by Gasteiger charge is 2.40. The Hall–Kier alpha value is -1.55. The summed E-state index contributed by atoms with van der Waals surface area (Å²) < 4.78 is 5.68. The Morgan fingerprint density at radius 2 is 2.15 bits per heavy atom. The number of carbonyl (C=O) groups is 1. The lowest BCUT2D eigenvalue weighted by Gasteiger charge is -2.39. The summed E-state index contributed by atoms with van der Waals surface area (Å²) in [6.45, 7) is 4.95. The molecule has 1 aliphatic heterocycles. The molecule has 4 heteroatoms. The van der Waals surface area contributed by atoms with Crippen molar-refractivity contribution in [3.63, 3.8) is 0 Å². The summed E-state index contributed by atoms with van der Waals surface area (Å²) in [7, 11) is 0. The predicted molar refractivity (Wildman–Crippen MR) is 78.0 cm³/mol. The molecule has 0 aliphatic carbocycles. The number of carboxylic acids is 1. The van der Waals surface area contributed by atoms with Crippen molar-refractivity contribution in [1.29, 1.82) is 0 Å². The molecule has 0 bridgehead atoms. The molecule has 1 atom stereocenters. The van der Waals surface area contributed by atoms with Crippen LogP contribution in [0, 0.1) is 5.41 Å². The number of nitrogens with zero attached hydrogens (tertiary/aromatic N) is 1. The molecule has 1 fully saturated rings. The van der Waals surface area contributed by atoms with Gasteiger partial charge in [-0.25, -0.2) is 0 Å². The Bertz CT molecular complexity index is 435. The predicted octanol–water partition coefficient (Wildman–Crippen LogP) is 2.64. The van der Waals surface area contributed by atoms with Crippen LogP contribution in [0.25, 0.3) is 0 Å². The van der Waals surface area contributed by atoms with Gasteiger partial charge in [-0.05, 0) is 37.9 Å². The lowest BCUT2D eigenvalue weighted by atomic mass is 9.78. The van der Waals surface area contributed by atoms with E-state index >= 15 is 0 Å². The van der Waals surface area contributed by atoms with Gasteiger partial charge in [0.15, 0.2) is 0 Å². The number of likely N-dealkylation sites (tertiary alicyclic amines) is 1. The fourth-order valence-corrected chi connectivity index (χ4v) is 2.84. The quantitative estimate of drug-likeness (QED) is 0.868. The van der Waals surface area contributed by atoms with E-state index in [1.165, 1.54) is 0 Å². The molecule has 0 saturated carbocycles. The van der Waals surface area contributed by atoms with Gasteiger partial charge in [0, 0.05) is 13.1 Å². The molecule has 1 unspecified atom stereocenters. The van der Waals surface area contributed by atoms with E-state index in [-0.39, 0.29) is 0 Å². The summed E-state index contributed by atoms with van der Waals surface area (Å²) in [5, 5.41) is 9.45. The molecule has 0 aromatic heterocycles. The normalized spacial score (nSPS) is 23.4. The molecule has 1 heterocycles. The van der Waals surface area contributed by atoms with Gasteiger partial charge < -0.3 is 9.84 Å². The van der Waals surface area contributed by atoms with Crippen LogP contribution in [-0.2, 0) is 4.79 Å². The van der Waals surface area contributed by atoms with Crippen LogP contribution in [-0.4, -0.2) is 42.2 Å². The molecule has 20 heavy (non-hydrogen) atoms. The number of piperidine rings is 1. The summed E-state index contributed by atoms with van der Waals surface area (Å²) in [5.74, 6) is 0.207. The second-order valence-electron chi connectivity index (χ2n) is 5.48. The maximum Gasteiger partial charge on any atom is 0.310 e. The molecule has 0 amide bonds. The summed E-state index contributed by atoms with van der Waals surface area (Å²) in [4.78, 5) is 13.7. The highest BCUT2D eigenvalue weighted by atomic mass is 16.5. The molecule has 1 aliphatic rings. The molecule has 0 radical (unpaired) electrons. The Morgan fingerprint density at radius 3 is 2.80 bits per heavy atom. The molecule has 0 spiro atoms. The smallest absolute Gasteiger partial charge is 0.310 e. The maximum atomic E-state index is 11.5. The van der Waals surface area contributed by atoms with E-state index in [2.05, 4.69) is 4.90 Å². The average Bonchev–Trinajstić information content (AvgIpc) is 2.48. The minimum Gasteiger partial charge on any atom is -0.492 e. The molecule has 2 rings (SSSR count). The van der Waals surface area contributed by atoms with Crippen molar-refractivity contribution < 1.29 is 14.6 Å². The number of ether oxygens (including phenoxy) is 1. The van der Waals surface area contributed by atoms with Crippen molar-refractivity contribution in [2.75, 3.05) is 26.2 Å². The number of carboxylic acid groups (broad SMARTS) is 1. The summed E-state index contributed by atoms with van der Waals surface area (Å²) >= 11 is 0. The third-order valence-corrected chi connectivity index (χ3v) is 4.21. The van der Waals surface area contributed by atoms with Crippen molar-refractivity contribution in [3.05, 3.63) is 30.3 Å². The minimum atomic E-state index is -0.659. The average molecular weight is 277 g/mol. The lowest BCUT2D eigenvalue weighted by molar-refractivity contribution is -0.153. The number of aliphatic carboxylic acids is 1. The van der Waals surface area contributed by atoms with E-state index in [1.807, 2.05) is 37.3 Å². The molecule has 1 aromatic rings. The number of hydrogen-bond acceptors (Lipinski definition) is 3. The van der Waals surface area contributed by atoms with Crippen molar-refractivity contribution in [1.82, 2.24) is 4.90 Å². The van der Waals surface area contributed by atoms with Gasteiger partial charge in [-0.3, -0.25) is 9.69 Å². The first-order valence-corrected chi connectivity index (χ1v) is 7.30. The van der Waals surface area contributed by atoms with E-state index in [9.17, 15) is 9.90 Å². The van der Waals surface area contributed by atoms with Crippen LogP contribution in [0.1, 0.15) is 26.2 Å². The second-order valence-corrected chi connectivity index (χ2v) is 5.48. The van der Waals surface area contributed by atoms with Crippen LogP contribution in [0.5, 0.6) is 5.75 Å². The first-order chi connectivity index (χ1) is 9.66. The molecule has 110 valence electrons. The zero-order valence-corrected chi connectivity index (χ0v) is 12.0. The Kier molecular flexibility index (Phi) is 5.01. The molecule has 1 aromatic carbocycles. The second kappa shape index (κ2) is 6.75. The highest BCUT2D eigenvalue weighted by molar-refractivity contribution is 5.75. The van der Waals surface area contributed by atoms with E-state index in [1.54, 1.807) is 0 Å². The molecule has 1 saturated heterocycles. The van der Waals surface area contributed by atoms with Crippen molar-refractivity contribution >= 4 is 5.97 Å². The van der Waals surface area contributed by atoms with Crippen molar-refractivity contribution in [2.45, 2.75) is 26.2 Å². The van der Waals surface area contributed by atoms with Crippen molar-refractivity contribution in [3.8, 4) is 5.75 Å². The third kappa shape index (κ3) is 3.51. The lowest BCUT2D eigenvalue weighted by Crippen LogP contribution is -2.48. The van der Waals surface area contributed by atoms with Gasteiger partial charge in [0.2, 0.25) is 0 Å². The Balaban J connectivity index is 1.83. The molecule has 4 nitrogen and oxygen atoms in total. The number of para-hydroxylation sites is 1. The first kappa shape index (κ1) is 14.9. The number of rotatable bonds is 6. The monoisotopic (exact) mass is 277 g/mol.